The van der Waals surface area contributed by atoms with Gasteiger partial charge in [-0.25, -0.2) is 4.79 Å². The van der Waals surface area contributed by atoms with Crippen molar-refractivity contribution in [3.63, 3.8) is 0 Å². The lowest BCUT2D eigenvalue weighted by molar-refractivity contribution is -0.134. The van der Waals surface area contributed by atoms with Crippen LogP contribution in [0.1, 0.15) is 34.1 Å². The second-order valence-electron chi connectivity index (χ2n) is 5.05. The number of carbonyl (C=O) groups is 2. The van der Waals surface area contributed by atoms with Gasteiger partial charge in [0.05, 0.1) is 0 Å². The Kier molecular flexibility index (Phi) is 4.32. The molecule has 0 aromatic carbocycles. The first-order chi connectivity index (χ1) is 7.84. The molecule has 0 aromatic rings. The van der Waals surface area contributed by atoms with E-state index in [4.69, 9.17) is 5.11 Å². The van der Waals surface area contributed by atoms with Crippen molar-refractivity contribution in [3.05, 3.63) is 11.1 Å². The maximum absolute atomic E-state index is 12.1. The molecule has 0 aromatic heterocycles. The summed E-state index contributed by atoms with van der Waals surface area (Å²) in [7, 11) is 0. The summed E-state index contributed by atoms with van der Waals surface area (Å²) in [5.74, 6) is -0.0486. The Hall–Kier alpha value is -1.32. The molecule has 96 valence electrons. The molecule has 1 fully saturated rings. The van der Waals surface area contributed by atoms with Crippen LogP contribution in [0.15, 0.2) is 11.1 Å². The minimum absolute atomic E-state index is 0.136. The van der Waals surface area contributed by atoms with Gasteiger partial charge in [-0.15, -0.1) is 0 Å². The van der Waals surface area contributed by atoms with Crippen LogP contribution in [0.3, 0.4) is 0 Å². The van der Waals surface area contributed by atoms with Gasteiger partial charge < -0.3 is 10.0 Å². The van der Waals surface area contributed by atoms with Gasteiger partial charge in [-0.3, -0.25) is 4.79 Å². The third-order valence-electron chi connectivity index (χ3n) is 3.83. The normalized spacial score (nSPS) is 26.5. The molecule has 1 heterocycles. The molecule has 0 aliphatic carbocycles. The molecule has 1 aliphatic heterocycles. The van der Waals surface area contributed by atoms with Crippen molar-refractivity contribution >= 4 is 11.9 Å². The van der Waals surface area contributed by atoms with Gasteiger partial charge in [-0.2, -0.15) is 0 Å². The van der Waals surface area contributed by atoms with Gasteiger partial charge in [0.1, 0.15) is 0 Å². The zero-order chi connectivity index (χ0) is 13.2. The van der Waals surface area contributed by atoms with Crippen molar-refractivity contribution in [1.82, 2.24) is 4.90 Å². The molecule has 4 heteroatoms. The fourth-order valence-corrected chi connectivity index (χ4v) is 2.01. The zero-order valence-electron chi connectivity index (χ0n) is 11.0. The lowest BCUT2D eigenvalue weighted by atomic mass is 9.88. The third kappa shape index (κ3) is 3.08. The monoisotopic (exact) mass is 239 g/mol. The van der Waals surface area contributed by atoms with E-state index in [1.165, 1.54) is 6.92 Å². The second kappa shape index (κ2) is 5.34. The molecule has 0 spiro atoms. The summed E-state index contributed by atoms with van der Waals surface area (Å²) in [6.45, 7) is 8.85. The topological polar surface area (TPSA) is 57.6 Å². The van der Waals surface area contributed by atoms with Crippen molar-refractivity contribution in [2.24, 2.45) is 11.8 Å². The van der Waals surface area contributed by atoms with Crippen molar-refractivity contribution in [2.45, 2.75) is 34.1 Å². The first kappa shape index (κ1) is 13.7. The molecular formula is C13H21NO3. The SMILES string of the molecule is CC(C(=O)O)=C(C)C(=O)N1CCC(C)C(C)C1. The quantitative estimate of drug-likeness (QED) is 0.749. The summed E-state index contributed by atoms with van der Waals surface area (Å²) < 4.78 is 0. The molecule has 0 radical (unpaired) electrons. The standard InChI is InChI=1S/C13H21NO3/c1-8-5-6-14(7-9(8)2)12(15)10(3)11(4)13(16)17/h8-9H,5-7H2,1-4H3,(H,16,17). The van der Waals surface area contributed by atoms with Crippen LogP contribution in [-0.4, -0.2) is 35.0 Å². The van der Waals surface area contributed by atoms with Crippen LogP contribution in [-0.2, 0) is 9.59 Å². The number of aliphatic carboxylic acids is 1. The first-order valence-electron chi connectivity index (χ1n) is 6.04. The van der Waals surface area contributed by atoms with E-state index in [1.54, 1.807) is 11.8 Å². The number of carboxylic acids is 1. The number of amides is 1. The van der Waals surface area contributed by atoms with Crippen molar-refractivity contribution < 1.29 is 14.7 Å². The summed E-state index contributed by atoms with van der Waals surface area (Å²) in [4.78, 5) is 24.7. The molecule has 1 saturated heterocycles. The van der Waals surface area contributed by atoms with E-state index < -0.39 is 5.97 Å². The van der Waals surface area contributed by atoms with Crippen molar-refractivity contribution in [1.29, 1.82) is 0 Å². The smallest absolute Gasteiger partial charge is 0.331 e. The van der Waals surface area contributed by atoms with Crippen LogP contribution in [0.4, 0.5) is 0 Å². The highest BCUT2D eigenvalue weighted by atomic mass is 16.4. The van der Waals surface area contributed by atoms with Gasteiger partial charge in [-0.1, -0.05) is 13.8 Å². The van der Waals surface area contributed by atoms with Gasteiger partial charge in [0.25, 0.3) is 0 Å². The Labute approximate surface area is 102 Å². The van der Waals surface area contributed by atoms with Gasteiger partial charge in [0.2, 0.25) is 5.91 Å². The minimum atomic E-state index is -1.02. The molecule has 17 heavy (non-hydrogen) atoms. The van der Waals surface area contributed by atoms with Crippen LogP contribution in [0.5, 0.6) is 0 Å². The van der Waals surface area contributed by atoms with Crippen LogP contribution < -0.4 is 0 Å². The highest BCUT2D eigenvalue weighted by Crippen LogP contribution is 2.23. The summed E-state index contributed by atoms with van der Waals surface area (Å²) in [5.41, 5.74) is 0.487. The number of nitrogens with zero attached hydrogens (tertiary/aromatic N) is 1. The maximum atomic E-state index is 12.1. The van der Waals surface area contributed by atoms with E-state index in [1.807, 2.05) is 0 Å². The van der Waals surface area contributed by atoms with Gasteiger partial charge in [-0.05, 0) is 32.1 Å². The molecule has 2 unspecified atom stereocenters. The van der Waals surface area contributed by atoms with Gasteiger partial charge in [0.15, 0.2) is 0 Å². The lowest BCUT2D eigenvalue weighted by Crippen LogP contribution is -2.42. The highest BCUT2D eigenvalue weighted by molar-refractivity contribution is 6.01. The number of likely N-dealkylation sites (tertiary alicyclic amines) is 1. The molecule has 1 aliphatic rings. The van der Waals surface area contributed by atoms with Crippen LogP contribution in [0, 0.1) is 11.8 Å². The number of carboxylic acid groups (broad SMARTS) is 1. The molecule has 0 bridgehead atoms. The Morgan fingerprint density at radius 2 is 1.71 bits per heavy atom. The van der Waals surface area contributed by atoms with E-state index in [9.17, 15) is 9.59 Å². The summed E-state index contributed by atoms with van der Waals surface area (Å²) >= 11 is 0. The zero-order valence-corrected chi connectivity index (χ0v) is 11.0. The molecule has 1 amide bonds. The number of hydrogen-bond acceptors (Lipinski definition) is 2. The maximum Gasteiger partial charge on any atom is 0.331 e. The average Bonchev–Trinajstić information content (AvgIpc) is 2.29. The Bertz CT molecular complexity index is 360. The minimum Gasteiger partial charge on any atom is -0.478 e. The van der Waals surface area contributed by atoms with Gasteiger partial charge in [0, 0.05) is 24.2 Å². The molecule has 1 rings (SSSR count). The van der Waals surface area contributed by atoms with Gasteiger partial charge >= 0.3 is 5.97 Å². The van der Waals surface area contributed by atoms with Crippen LogP contribution in [0.25, 0.3) is 0 Å². The number of piperidine rings is 1. The number of rotatable bonds is 2. The van der Waals surface area contributed by atoms with E-state index in [-0.39, 0.29) is 11.5 Å². The first-order valence-corrected chi connectivity index (χ1v) is 6.04. The molecule has 0 saturated carbocycles. The summed E-state index contributed by atoms with van der Waals surface area (Å²) in [5, 5.41) is 8.87. The average molecular weight is 239 g/mol. The van der Waals surface area contributed by atoms with Crippen molar-refractivity contribution in [2.75, 3.05) is 13.1 Å². The Balaban J connectivity index is 2.78. The number of hydrogen-bond donors (Lipinski definition) is 1. The number of carbonyl (C=O) groups excluding carboxylic acids is 1. The Morgan fingerprint density at radius 1 is 1.12 bits per heavy atom. The second-order valence-corrected chi connectivity index (χ2v) is 5.05. The predicted octanol–water partition coefficient (Wildman–Crippen LogP) is 1.91. The summed E-state index contributed by atoms with van der Waals surface area (Å²) in [6, 6.07) is 0. The fourth-order valence-electron chi connectivity index (χ4n) is 2.01. The summed E-state index contributed by atoms with van der Waals surface area (Å²) in [6.07, 6.45) is 0.992. The van der Waals surface area contributed by atoms with E-state index in [2.05, 4.69) is 13.8 Å². The largest absolute Gasteiger partial charge is 0.478 e. The van der Waals surface area contributed by atoms with Crippen LogP contribution >= 0.6 is 0 Å². The van der Waals surface area contributed by atoms with Crippen molar-refractivity contribution in [3.8, 4) is 0 Å². The van der Waals surface area contributed by atoms with E-state index >= 15 is 0 Å². The molecular weight excluding hydrogens is 218 g/mol. The van der Waals surface area contributed by atoms with Crippen LogP contribution in [0.2, 0.25) is 0 Å². The predicted molar refractivity (Wildman–Crippen MR) is 65.5 cm³/mol. The van der Waals surface area contributed by atoms with E-state index in [0.717, 1.165) is 19.5 Å². The molecule has 4 nitrogen and oxygen atoms in total. The van der Waals surface area contributed by atoms with E-state index in [0.29, 0.717) is 17.4 Å². The lowest BCUT2D eigenvalue weighted by Gasteiger charge is -2.35. The highest BCUT2D eigenvalue weighted by Gasteiger charge is 2.27. The Morgan fingerprint density at radius 3 is 2.18 bits per heavy atom. The molecule has 2 atom stereocenters. The third-order valence-corrected chi connectivity index (χ3v) is 3.83. The fraction of sp³-hybridized carbons (Fsp3) is 0.692. The molecule has 1 N–H and O–H groups in total.